The lowest BCUT2D eigenvalue weighted by Crippen LogP contribution is -1.99. The van der Waals surface area contributed by atoms with Gasteiger partial charge in [0.05, 0.1) is 0 Å². The molecule has 0 radical (unpaired) electrons. The topological polar surface area (TPSA) is 12.9 Å². The van der Waals surface area contributed by atoms with Crippen LogP contribution in [0.4, 0.5) is 0 Å². The van der Waals surface area contributed by atoms with Crippen molar-refractivity contribution in [1.29, 1.82) is 0 Å². The Kier molecular flexibility index (Phi) is 2.05. The van der Waals surface area contributed by atoms with Crippen LogP contribution < -0.4 is 0 Å². The van der Waals surface area contributed by atoms with Crippen molar-refractivity contribution in [3.8, 4) is 0 Å². The number of rotatable bonds is 1. The van der Waals surface area contributed by atoms with Crippen LogP contribution in [0.2, 0.25) is 0 Å². The third-order valence-corrected chi connectivity index (χ3v) is 4.30. The molecule has 0 bridgehead atoms. The van der Waals surface area contributed by atoms with E-state index in [2.05, 4.69) is 6.26 Å². The molecule has 2 aliphatic carbocycles. The van der Waals surface area contributed by atoms with E-state index in [-0.39, 0.29) is 0 Å². The standard InChI is InChI=1S/C12H15NS/c1-14-12-8-4-2-6-10(8)13-11-7-3-5-9(11)12/h2-7H2,1H3. The van der Waals surface area contributed by atoms with Crippen molar-refractivity contribution in [1.82, 2.24) is 4.98 Å². The number of thioether (sulfide) groups is 1. The summed E-state index contributed by atoms with van der Waals surface area (Å²) in [5.74, 6) is 0. The van der Waals surface area contributed by atoms with Crippen molar-refractivity contribution >= 4 is 11.8 Å². The van der Waals surface area contributed by atoms with Crippen LogP contribution in [0, 0.1) is 0 Å². The van der Waals surface area contributed by atoms with Crippen molar-refractivity contribution in [2.75, 3.05) is 6.26 Å². The van der Waals surface area contributed by atoms with E-state index in [4.69, 9.17) is 4.98 Å². The summed E-state index contributed by atoms with van der Waals surface area (Å²) in [6.07, 6.45) is 9.83. The highest BCUT2D eigenvalue weighted by Gasteiger charge is 2.24. The normalized spacial score (nSPS) is 18.4. The highest BCUT2D eigenvalue weighted by molar-refractivity contribution is 7.98. The van der Waals surface area contributed by atoms with Crippen LogP contribution >= 0.6 is 11.8 Å². The highest BCUT2D eigenvalue weighted by atomic mass is 32.2. The Balaban J connectivity index is 2.24. The molecule has 0 saturated heterocycles. The molecule has 0 N–H and O–H groups in total. The third kappa shape index (κ3) is 1.13. The minimum Gasteiger partial charge on any atom is -0.257 e. The summed E-state index contributed by atoms with van der Waals surface area (Å²) >= 11 is 1.94. The molecular weight excluding hydrogens is 190 g/mol. The Morgan fingerprint density at radius 3 is 2.00 bits per heavy atom. The van der Waals surface area contributed by atoms with Crippen molar-refractivity contribution in [3.05, 3.63) is 22.5 Å². The Morgan fingerprint density at radius 1 is 0.929 bits per heavy atom. The predicted molar refractivity (Wildman–Crippen MR) is 60.1 cm³/mol. The fourth-order valence-corrected chi connectivity index (χ4v) is 3.72. The molecule has 1 heterocycles. The van der Waals surface area contributed by atoms with E-state index < -0.39 is 0 Å². The van der Waals surface area contributed by atoms with Gasteiger partial charge in [-0.3, -0.25) is 4.98 Å². The first kappa shape index (κ1) is 8.78. The van der Waals surface area contributed by atoms with Gasteiger partial charge in [-0.15, -0.1) is 11.8 Å². The smallest absolute Gasteiger partial charge is 0.0450 e. The molecule has 0 saturated carbocycles. The largest absolute Gasteiger partial charge is 0.257 e. The van der Waals surface area contributed by atoms with Crippen LogP contribution in [0.3, 0.4) is 0 Å². The monoisotopic (exact) mass is 205 g/mol. The van der Waals surface area contributed by atoms with Crippen LogP contribution in [0.15, 0.2) is 4.90 Å². The van der Waals surface area contributed by atoms with Crippen molar-refractivity contribution in [2.45, 2.75) is 43.4 Å². The van der Waals surface area contributed by atoms with Gasteiger partial charge >= 0.3 is 0 Å². The van der Waals surface area contributed by atoms with Gasteiger partial charge in [0.2, 0.25) is 0 Å². The molecular formula is C12H15NS. The van der Waals surface area contributed by atoms with E-state index in [0.717, 1.165) is 0 Å². The van der Waals surface area contributed by atoms with Crippen molar-refractivity contribution in [3.63, 3.8) is 0 Å². The molecule has 0 aromatic carbocycles. The fourth-order valence-electron chi connectivity index (χ4n) is 2.78. The lowest BCUT2D eigenvalue weighted by Gasteiger charge is -2.11. The second-order valence-electron chi connectivity index (χ2n) is 4.20. The molecule has 74 valence electrons. The minimum absolute atomic E-state index is 1.22. The molecule has 1 aromatic rings. The van der Waals surface area contributed by atoms with Crippen LogP contribution in [-0.2, 0) is 25.7 Å². The van der Waals surface area contributed by atoms with Gasteiger partial charge in [0.25, 0.3) is 0 Å². The van der Waals surface area contributed by atoms with E-state index in [9.17, 15) is 0 Å². The van der Waals surface area contributed by atoms with Gasteiger partial charge in [-0.25, -0.2) is 0 Å². The Labute approximate surface area is 89.3 Å². The summed E-state index contributed by atoms with van der Waals surface area (Å²) in [4.78, 5) is 6.41. The average molecular weight is 205 g/mol. The maximum atomic E-state index is 4.83. The SMILES string of the molecule is CSc1c2c(nc3c1CCC3)CCC2. The summed E-state index contributed by atoms with van der Waals surface area (Å²) < 4.78 is 0. The minimum atomic E-state index is 1.22. The number of aromatic nitrogens is 1. The number of aryl methyl sites for hydroxylation is 2. The molecule has 1 nitrogen and oxygen atoms in total. The number of hydrogen-bond acceptors (Lipinski definition) is 2. The summed E-state index contributed by atoms with van der Waals surface area (Å²) in [6.45, 7) is 0. The number of pyridine rings is 1. The second kappa shape index (κ2) is 3.27. The molecule has 0 atom stereocenters. The molecule has 0 fully saturated rings. The molecule has 1 aromatic heterocycles. The molecule has 0 unspecified atom stereocenters. The summed E-state index contributed by atoms with van der Waals surface area (Å²) in [5.41, 5.74) is 5.99. The first-order valence-electron chi connectivity index (χ1n) is 5.47. The summed E-state index contributed by atoms with van der Waals surface area (Å²) in [6, 6.07) is 0. The summed E-state index contributed by atoms with van der Waals surface area (Å²) in [7, 11) is 0. The zero-order valence-electron chi connectivity index (χ0n) is 8.60. The Morgan fingerprint density at radius 2 is 1.50 bits per heavy atom. The quantitative estimate of drug-likeness (QED) is 0.654. The van der Waals surface area contributed by atoms with Crippen molar-refractivity contribution in [2.24, 2.45) is 0 Å². The van der Waals surface area contributed by atoms with Gasteiger partial charge in [0.1, 0.15) is 0 Å². The highest BCUT2D eigenvalue weighted by Crippen LogP contribution is 2.37. The van der Waals surface area contributed by atoms with Gasteiger partial charge in [-0.1, -0.05) is 0 Å². The average Bonchev–Trinajstić information content (AvgIpc) is 2.80. The van der Waals surface area contributed by atoms with E-state index in [1.165, 1.54) is 49.9 Å². The van der Waals surface area contributed by atoms with E-state index in [0.29, 0.717) is 0 Å². The maximum Gasteiger partial charge on any atom is 0.0450 e. The fraction of sp³-hybridized carbons (Fsp3) is 0.583. The van der Waals surface area contributed by atoms with Gasteiger partial charge in [0.15, 0.2) is 0 Å². The second-order valence-corrected chi connectivity index (χ2v) is 5.02. The van der Waals surface area contributed by atoms with Crippen molar-refractivity contribution < 1.29 is 0 Å². The molecule has 2 heteroatoms. The lowest BCUT2D eigenvalue weighted by molar-refractivity contribution is 0.869. The Bertz CT molecular complexity index is 352. The van der Waals surface area contributed by atoms with Gasteiger partial charge in [-0.2, -0.15) is 0 Å². The van der Waals surface area contributed by atoms with Crippen LogP contribution in [-0.4, -0.2) is 11.2 Å². The Hall–Kier alpha value is -0.500. The first-order valence-corrected chi connectivity index (χ1v) is 6.70. The maximum absolute atomic E-state index is 4.83. The van der Waals surface area contributed by atoms with Gasteiger partial charge in [-0.05, 0) is 55.9 Å². The van der Waals surface area contributed by atoms with Gasteiger partial charge in [0, 0.05) is 16.3 Å². The number of hydrogen-bond donors (Lipinski definition) is 0. The van der Waals surface area contributed by atoms with Crippen LogP contribution in [0.5, 0.6) is 0 Å². The molecule has 0 aliphatic heterocycles. The molecule has 2 aliphatic rings. The number of fused-ring (bicyclic) bond motifs is 2. The van der Waals surface area contributed by atoms with Crippen LogP contribution in [0.1, 0.15) is 35.4 Å². The molecule has 0 amide bonds. The number of nitrogens with zero attached hydrogens (tertiary/aromatic N) is 1. The zero-order chi connectivity index (χ0) is 9.54. The molecule has 14 heavy (non-hydrogen) atoms. The van der Waals surface area contributed by atoms with E-state index in [1.54, 1.807) is 16.0 Å². The summed E-state index contributed by atoms with van der Waals surface area (Å²) in [5, 5.41) is 0. The lowest BCUT2D eigenvalue weighted by atomic mass is 10.1. The first-order chi connectivity index (χ1) is 6.90. The van der Waals surface area contributed by atoms with Crippen LogP contribution in [0.25, 0.3) is 0 Å². The van der Waals surface area contributed by atoms with Gasteiger partial charge < -0.3 is 0 Å². The third-order valence-electron chi connectivity index (χ3n) is 3.40. The van der Waals surface area contributed by atoms with E-state index in [1.807, 2.05) is 11.8 Å². The zero-order valence-corrected chi connectivity index (χ0v) is 9.41. The van der Waals surface area contributed by atoms with E-state index >= 15 is 0 Å². The predicted octanol–water partition coefficient (Wildman–Crippen LogP) is 2.78. The molecule has 3 rings (SSSR count). The molecule has 0 spiro atoms.